The van der Waals surface area contributed by atoms with Gasteiger partial charge in [-0.1, -0.05) is 0 Å². The van der Waals surface area contributed by atoms with Gasteiger partial charge in [-0.15, -0.1) is 0 Å². The normalized spacial score (nSPS) is 20.2. The van der Waals surface area contributed by atoms with E-state index in [9.17, 15) is 9.59 Å². The van der Waals surface area contributed by atoms with Gasteiger partial charge in [0.1, 0.15) is 12.3 Å². The Morgan fingerprint density at radius 3 is 2.89 bits per heavy atom. The molecule has 1 aliphatic heterocycles. The third-order valence-electron chi connectivity index (χ3n) is 3.30. The highest BCUT2D eigenvalue weighted by Gasteiger charge is 2.37. The maximum Gasteiger partial charge on any atom is 0.404 e. The molecule has 7 heteroatoms. The number of nitrogens with zero attached hydrogens (tertiary/aromatic N) is 3. The molecule has 0 aliphatic carbocycles. The monoisotopic (exact) mass is 268 g/mol. The van der Waals surface area contributed by atoms with E-state index >= 15 is 0 Å². The molecule has 0 aromatic heterocycles. The van der Waals surface area contributed by atoms with Crippen LogP contribution in [0, 0.1) is 11.3 Å². The molecule has 106 valence electrons. The van der Waals surface area contributed by atoms with Gasteiger partial charge in [-0.3, -0.25) is 0 Å². The molecule has 0 radical (unpaired) electrons. The lowest BCUT2D eigenvalue weighted by Crippen LogP contribution is -2.60. The molecule has 7 nitrogen and oxygen atoms in total. The molecule has 1 amide bonds. The number of hydrogen-bond donors (Lipinski definition) is 2. The Morgan fingerprint density at radius 1 is 1.68 bits per heavy atom. The molecule has 1 heterocycles. The molecule has 1 saturated heterocycles. The Hall–Kier alpha value is -1.65. The first-order valence-electron chi connectivity index (χ1n) is 6.26. The van der Waals surface area contributed by atoms with E-state index in [1.165, 1.54) is 0 Å². The van der Waals surface area contributed by atoms with Crippen molar-refractivity contribution in [2.75, 3.05) is 19.6 Å². The molecule has 0 aromatic carbocycles. The quantitative estimate of drug-likeness (QED) is 0.678. The molecular formula is C12H20N4O3. The van der Waals surface area contributed by atoms with Crippen molar-refractivity contribution in [2.45, 2.75) is 38.3 Å². The highest BCUT2D eigenvalue weighted by atomic mass is 16.4. The summed E-state index contributed by atoms with van der Waals surface area (Å²) in [7, 11) is 0. The zero-order valence-electron chi connectivity index (χ0n) is 11.3. The molecular weight excluding hydrogens is 248 g/mol. The summed E-state index contributed by atoms with van der Waals surface area (Å²) in [4.78, 5) is 21.5. The van der Waals surface area contributed by atoms with Gasteiger partial charge in [-0.2, -0.15) is 5.26 Å². The largest absolute Gasteiger partial charge is 0.465 e. The number of hydrazine groups is 1. The number of hydrogen-bond acceptors (Lipinski definition) is 5. The minimum absolute atomic E-state index is 0.145. The van der Waals surface area contributed by atoms with Crippen LogP contribution in [-0.4, -0.2) is 58.7 Å². The van der Waals surface area contributed by atoms with Crippen LogP contribution >= 0.6 is 0 Å². The van der Waals surface area contributed by atoms with E-state index in [4.69, 9.17) is 10.4 Å². The van der Waals surface area contributed by atoms with Gasteiger partial charge in [-0.05, 0) is 26.7 Å². The van der Waals surface area contributed by atoms with Crippen LogP contribution in [0.25, 0.3) is 0 Å². The summed E-state index contributed by atoms with van der Waals surface area (Å²) >= 11 is 0. The molecule has 1 rings (SSSR count). The molecule has 1 unspecified atom stereocenters. The number of nitriles is 1. The molecule has 0 aromatic rings. The molecule has 0 spiro atoms. The predicted octanol–water partition coefficient (Wildman–Crippen LogP) is 0.436. The summed E-state index contributed by atoms with van der Waals surface area (Å²) in [6.07, 6.45) is 1.34. The third-order valence-corrected chi connectivity index (χ3v) is 3.30. The van der Waals surface area contributed by atoms with Crippen LogP contribution in [0.3, 0.4) is 0 Å². The first kappa shape index (κ1) is 15.4. The number of carbonyl (C=O) groups is 2. The van der Waals surface area contributed by atoms with Crippen molar-refractivity contribution >= 4 is 12.4 Å². The van der Waals surface area contributed by atoms with Gasteiger partial charge in [0.05, 0.1) is 12.6 Å². The molecule has 1 atom stereocenters. The summed E-state index contributed by atoms with van der Waals surface area (Å²) < 4.78 is 0. The van der Waals surface area contributed by atoms with Crippen LogP contribution in [0.1, 0.15) is 26.7 Å². The lowest BCUT2D eigenvalue weighted by Gasteiger charge is -2.44. The van der Waals surface area contributed by atoms with E-state index in [0.29, 0.717) is 6.54 Å². The predicted molar refractivity (Wildman–Crippen MR) is 68.2 cm³/mol. The average molecular weight is 268 g/mol. The smallest absolute Gasteiger partial charge is 0.404 e. The number of amides is 1. The Kier molecular flexibility index (Phi) is 5.27. The van der Waals surface area contributed by atoms with E-state index in [1.807, 2.05) is 18.9 Å². The van der Waals surface area contributed by atoms with Gasteiger partial charge in [0.25, 0.3) is 0 Å². The van der Waals surface area contributed by atoms with Crippen LogP contribution in [0.2, 0.25) is 0 Å². The van der Waals surface area contributed by atoms with Crippen molar-refractivity contribution in [3.63, 3.8) is 0 Å². The zero-order valence-corrected chi connectivity index (χ0v) is 11.3. The Balaban J connectivity index is 2.83. The van der Waals surface area contributed by atoms with Gasteiger partial charge in [0, 0.05) is 18.6 Å². The standard InChI is InChI=1S/C12H20N4O3/c1-12(2,9-14-11(18)19)16(6-7-17)15-5-3-4-10(15)8-13/h7,10,14H,3-6,9H2,1-2H3,(H,18,19). The second-order valence-corrected chi connectivity index (χ2v) is 5.17. The minimum atomic E-state index is -1.10. The molecule has 19 heavy (non-hydrogen) atoms. The zero-order chi connectivity index (χ0) is 14.5. The van der Waals surface area contributed by atoms with Crippen LogP contribution in [0.4, 0.5) is 4.79 Å². The van der Waals surface area contributed by atoms with E-state index in [2.05, 4.69) is 11.4 Å². The SMILES string of the molecule is CC(C)(CNC(=O)O)N(CC=O)N1CCCC1C#N. The first-order valence-corrected chi connectivity index (χ1v) is 6.26. The molecule has 1 fully saturated rings. The van der Waals surface area contributed by atoms with Gasteiger partial charge < -0.3 is 15.2 Å². The van der Waals surface area contributed by atoms with Crippen LogP contribution < -0.4 is 5.32 Å². The lowest BCUT2D eigenvalue weighted by atomic mass is 10.0. The summed E-state index contributed by atoms with van der Waals surface area (Å²) in [6.45, 7) is 4.73. The summed E-state index contributed by atoms with van der Waals surface area (Å²) in [6, 6.07) is 1.98. The Labute approximate surface area is 112 Å². The fraction of sp³-hybridized carbons (Fsp3) is 0.750. The summed E-state index contributed by atoms with van der Waals surface area (Å²) in [5, 5.41) is 23.8. The number of carboxylic acid groups (broad SMARTS) is 1. The van der Waals surface area contributed by atoms with E-state index in [1.54, 1.807) is 5.01 Å². The second-order valence-electron chi connectivity index (χ2n) is 5.17. The van der Waals surface area contributed by atoms with E-state index in [-0.39, 0.29) is 19.1 Å². The Bertz CT molecular complexity index is 378. The van der Waals surface area contributed by atoms with Crippen molar-refractivity contribution in [3.05, 3.63) is 0 Å². The Morgan fingerprint density at radius 2 is 2.37 bits per heavy atom. The number of rotatable bonds is 6. The summed E-state index contributed by atoms with van der Waals surface area (Å²) in [5.74, 6) is 0. The molecule has 0 saturated carbocycles. The van der Waals surface area contributed by atoms with Gasteiger partial charge in [0.15, 0.2) is 0 Å². The van der Waals surface area contributed by atoms with Crippen LogP contribution in [0.15, 0.2) is 0 Å². The second kappa shape index (κ2) is 6.50. The highest BCUT2D eigenvalue weighted by molar-refractivity contribution is 5.64. The third kappa shape index (κ3) is 3.91. The number of nitrogens with one attached hydrogen (secondary N) is 1. The fourth-order valence-electron chi connectivity index (χ4n) is 2.33. The highest BCUT2D eigenvalue weighted by Crippen LogP contribution is 2.24. The van der Waals surface area contributed by atoms with Gasteiger partial charge in [0.2, 0.25) is 0 Å². The van der Waals surface area contributed by atoms with Crippen molar-refractivity contribution in [1.82, 2.24) is 15.3 Å². The van der Waals surface area contributed by atoms with Gasteiger partial charge in [-0.25, -0.2) is 14.8 Å². The minimum Gasteiger partial charge on any atom is -0.465 e. The maximum absolute atomic E-state index is 10.9. The molecule has 1 aliphatic rings. The van der Waals surface area contributed by atoms with Crippen molar-refractivity contribution in [3.8, 4) is 6.07 Å². The summed E-state index contributed by atoms with van der Waals surface area (Å²) in [5.41, 5.74) is -0.571. The van der Waals surface area contributed by atoms with E-state index < -0.39 is 11.6 Å². The lowest BCUT2D eigenvalue weighted by molar-refractivity contribution is -0.125. The molecule has 0 bridgehead atoms. The number of aldehydes is 1. The average Bonchev–Trinajstić information content (AvgIpc) is 2.81. The van der Waals surface area contributed by atoms with E-state index in [0.717, 1.165) is 19.1 Å². The number of carbonyl (C=O) groups excluding carboxylic acids is 1. The molecule has 2 N–H and O–H groups in total. The van der Waals surface area contributed by atoms with Crippen molar-refractivity contribution < 1.29 is 14.7 Å². The van der Waals surface area contributed by atoms with Crippen molar-refractivity contribution in [2.24, 2.45) is 0 Å². The van der Waals surface area contributed by atoms with Gasteiger partial charge >= 0.3 is 6.09 Å². The topological polar surface area (TPSA) is 96.7 Å². The van der Waals surface area contributed by atoms with Crippen LogP contribution in [-0.2, 0) is 4.79 Å². The van der Waals surface area contributed by atoms with Crippen molar-refractivity contribution in [1.29, 1.82) is 5.26 Å². The fourth-order valence-corrected chi connectivity index (χ4v) is 2.33. The first-order chi connectivity index (χ1) is 8.92. The maximum atomic E-state index is 10.9. The van der Waals surface area contributed by atoms with Crippen LogP contribution in [0.5, 0.6) is 0 Å².